The van der Waals surface area contributed by atoms with Gasteiger partial charge in [-0.2, -0.15) is 22.0 Å². The van der Waals surface area contributed by atoms with Gasteiger partial charge in [0.15, 0.2) is 6.67 Å². The van der Waals surface area contributed by atoms with Crippen molar-refractivity contribution in [2.45, 2.75) is 12.1 Å². The predicted octanol–water partition coefficient (Wildman–Crippen LogP) is 3.11. The number of hydrogen-bond donors (Lipinski definition) is 0. The van der Waals surface area contributed by atoms with Crippen LogP contribution in [0.5, 0.6) is 0 Å². The highest BCUT2D eigenvalue weighted by molar-refractivity contribution is 4.73. The van der Waals surface area contributed by atoms with Crippen LogP contribution in [0.15, 0.2) is 18.9 Å². The molecule has 0 atom stereocenters. The van der Waals surface area contributed by atoms with E-state index in [9.17, 15) is 26.3 Å². The monoisotopic (exact) mass is 192 g/mol. The molecule has 0 aromatic rings. The van der Waals surface area contributed by atoms with E-state index in [2.05, 4.69) is 18.9 Å². The van der Waals surface area contributed by atoms with Crippen LogP contribution >= 0.6 is 0 Å². The van der Waals surface area contributed by atoms with Crippen molar-refractivity contribution < 1.29 is 26.3 Å². The van der Waals surface area contributed by atoms with Crippen LogP contribution < -0.4 is 0 Å². The third kappa shape index (κ3) is 4.85. The molecule has 12 heavy (non-hydrogen) atoms. The van der Waals surface area contributed by atoms with Gasteiger partial charge in [-0.25, -0.2) is 4.39 Å². The molecule has 6 heteroatoms. The SMILES string of the molecule is C=C=C.FCC(F)(F)C(F)(F)F. The fraction of sp³-hybridized carbons (Fsp3) is 0.500. The van der Waals surface area contributed by atoms with Gasteiger partial charge in [0.2, 0.25) is 0 Å². The van der Waals surface area contributed by atoms with Crippen LogP contribution in [0.2, 0.25) is 0 Å². The first-order valence-electron chi connectivity index (χ1n) is 2.52. The lowest BCUT2D eigenvalue weighted by molar-refractivity contribution is -0.286. The Bertz CT molecular complexity index is 150. The molecule has 0 bridgehead atoms. The van der Waals surface area contributed by atoms with Crippen molar-refractivity contribution in [1.29, 1.82) is 0 Å². The van der Waals surface area contributed by atoms with Gasteiger partial charge in [-0.3, -0.25) is 0 Å². The molecule has 0 unspecified atom stereocenters. The summed E-state index contributed by atoms with van der Waals surface area (Å²) in [7, 11) is 0. The second-order valence-corrected chi connectivity index (χ2v) is 1.59. The first-order valence-corrected chi connectivity index (χ1v) is 2.52. The fourth-order valence-electron chi connectivity index (χ4n) is 0.0758. The number of halogens is 6. The quantitative estimate of drug-likeness (QED) is 0.442. The second-order valence-electron chi connectivity index (χ2n) is 1.59. The van der Waals surface area contributed by atoms with Crippen LogP contribution in [-0.2, 0) is 0 Å². The molecule has 0 spiro atoms. The van der Waals surface area contributed by atoms with E-state index in [1.54, 1.807) is 0 Å². The van der Waals surface area contributed by atoms with Crippen LogP contribution in [0, 0.1) is 0 Å². The largest absolute Gasteiger partial charge is 0.456 e. The normalized spacial score (nSPS) is 11.2. The van der Waals surface area contributed by atoms with Gasteiger partial charge in [0.05, 0.1) is 0 Å². The molecule has 0 saturated heterocycles. The Kier molecular flexibility index (Phi) is 5.55. The third-order valence-electron chi connectivity index (χ3n) is 0.583. The van der Waals surface area contributed by atoms with Crippen molar-refractivity contribution in [3.8, 4) is 0 Å². The summed E-state index contributed by atoms with van der Waals surface area (Å²) < 4.78 is 65.6. The maximum atomic E-state index is 11.2. The average Bonchev–Trinajstić information content (AvgIpc) is 1.87. The molecule has 0 fully saturated rings. The molecule has 0 aromatic carbocycles. The summed E-state index contributed by atoms with van der Waals surface area (Å²) in [5.74, 6) is -5.19. The molecule has 0 aliphatic rings. The molecule has 0 aliphatic heterocycles. The topological polar surface area (TPSA) is 0 Å². The van der Waals surface area contributed by atoms with Crippen molar-refractivity contribution in [2.24, 2.45) is 0 Å². The Hall–Kier alpha value is -0.900. The second kappa shape index (κ2) is 4.87. The summed E-state index contributed by atoms with van der Waals surface area (Å²) in [4.78, 5) is 0. The Morgan fingerprint density at radius 1 is 1.00 bits per heavy atom. The lowest BCUT2D eigenvalue weighted by Crippen LogP contribution is -2.38. The number of hydrogen-bond acceptors (Lipinski definition) is 0. The van der Waals surface area contributed by atoms with Gasteiger partial charge in [0.25, 0.3) is 0 Å². The summed E-state index contributed by atoms with van der Waals surface area (Å²) in [6, 6.07) is 0. The first kappa shape index (κ1) is 13.7. The van der Waals surface area contributed by atoms with Gasteiger partial charge in [-0.05, 0) is 0 Å². The molecule has 0 aliphatic carbocycles. The van der Waals surface area contributed by atoms with E-state index in [0.29, 0.717) is 0 Å². The van der Waals surface area contributed by atoms with Gasteiger partial charge in [-0.1, -0.05) is 13.2 Å². The van der Waals surface area contributed by atoms with Crippen LogP contribution in [0.1, 0.15) is 0 Å². The summed E-state index contributed by atoms with van der Waals surface area (Å²) >= 11 is 0. The Balaban J connectivity index is 0. The van der Waals surface area contributed by atoms with Gasteiger partial charge in [-0.15, -0.1) is 5.73 Å². The minimum absolute atomic E-state index is 2.25. The van der Waals surface area contributed by atoms with Gasteiger partial charge < -0.3 is 0 Å². The standard InChI is InChI=1S/C3H2F6.C3H4/c4-1-2(5,6)3(7,8)9;1-3-2/h1H2;1-2H2. The highest BCUT2D eigenvalue weighted by Crippen LogP contribution is 2.35. The van der Waals surface area contributed by atoms with Gasteiger partial charge in [0.1, 0.15) is 0 Å². The minimum Gasteiger partial charge on any atom is -0.244 e. The van der Waals surface area contributed by atoms with Crippen molar-refractivity contribution in [3.05, 3.63) is 18.9 Å². The molecule has 0 radical (unpaired) electrons. The highest BCUT2D eigenvalue weighted by Gasteiger charge is 2.57. The predicted molar refractivity (Wildman–Crippen MR) is 31.7 cm³/mol. The summed E-state index contributed by atoms with van der Waals surface area (Å²) in [6.07, 6.45) is -5.76. The molecule has 0 amide bonds. The Morgan fingerprint density at radius 3 is 1.25 bits per heavy atom. The van der Waals surface area contributed by atoms with Gasteiger partial charge >= 0.3 is 12.1 Å². The van der Waals surface area contributed by atoms with Gasteiger partial charge in [0, 0.05) is 0 Å². The van der Waals surface area contributed by atoms with Crippen LogP contribution in [0.3, 0.4) is 0 Å². The maximum Gasteiger partial charge on any atom is 0.456 e. The molecular weight excluding hydrogens is 186 g/mol. The molecule has 0 heterocycles. The maximum absolute atomic E-state index is 11.2. The zero-order valence-electron chi connectivity index (χ0n) is 5.89. The van der Waals surface area contributed by atoms with E-state index in [1.165, 1.54) is 0 Å². The van der Waals surface area contributed by atoms with E-state index >= 15 is 0 Å². The van der Waals surface area contributed by atoms with E-state index in [1.807, 2.05) is 0 Å². The molecule has 72 valence electrons. The zero-order valence-corrected chi connectivity index (χ0v) is 5.89. The fourth-order valence-corrected chi connectivity index (χ4v) is 0.0758. The third-order valence-corrected chi connectivity index (χ3v) is 0.583. The van der Waals surface area contributed by atoms with Crippen LogP contribution in [0.25, 0.3) is 0 Å². The number of rotatable bonds is 1. The molecular formula is C6H6F6. The number of alkyl halides is 6. The summed E-state index contributed by atoms with van der Waals surface area (Å²) in [6.45, 7) is 3.55. The zero-order chi connectivity index (χ0) is 10.4. The molecule has 0 aromatic heterocycles. The average molecular weight is 192 g/mol. The van der Waals surface area contributed by atoms with Crippen molar-refractivity contribution >= 4 is 0 Å². The first-order chi connectivity index (χ1) is 5.22. The lowest BCUT2D eigenvalue weighted by Gasteiger charge is -2.14. The lowest BCUT2D eigenvalue weighted by atomic mass is 10.4. The minimum atomic E-state index is -5.76. The van der Waals surface area contributed by atoms with E-state index in [-0.39, 0.29) is 0 Å². The van der Waals surface area contributed by atoms with Crippen LogP contribution in [0.4, 0.5) is 26.3 Å². The van der Waals surface area contributed by atoms with Crippen molar-refractivity contribution in [3.63, 3.8) is 0 Å². The highest BCUT2D eigenvalue weighted by atomic mass is 19.4. The molecule has 0 nitrogen and oxygen atoms in total. The van der Waals surface area contributed by atoms with E-state index in [4.69, 9.17) is 0 Å². The summed E-state index contributed by atoms with van der Waals surface area (Å²) in [5, 5.41) is 0. The van der Waals surface area contributed by atoms with E-state index in [0.717, 1.165) is 0 Å². The Morgan fingerprint density at radius 2 is 1.25 bits per heavy atom. The smallest absolute Gasteiger partial charge is 0.244 e. The Labute approximate surface area is 65.2 Å². The van der Waals surface area contributed by atoms with Crippen LogP contribution in [-0.4, -0.2) is 18.8 Å². The van der Waals surface area contributed by atoms with Crippen molar-refractivity contribution in [1.82, 2.24) is 0 Å². The molecule has 0 N–H and O–H groups in total. The van der Waals surface area contributed by atoms with Crippen molar-refractivity contribution in [2.75, 3.05) is 6.67 Å². The summed E-state index contributed by atoms with van der Waals surface area (Å²) in [5.41, 5.74) is 2.25. The molecule has 0 rings (SSSR count). The molecule has 0 saturated carbocycles. The van der Waals surface area contributed by atoms with E-state index < -0.39 is 18.8 Å².